The van der Waals surface area contributed by atoms with Gasteiger partial charge in [0, 0.05) is 5.39 Å². The number of halogens is 2. The maximum Gasteiger partial charge on any atom is 0.201 e. The van der Waals surface area contributed by atoms with Gasteiger partial charge in [-0.3, -0.25) is 0 Å². The van der Waals surface area contributed by atoms with Crippen molar-refractivity contribution in [2.75, 3.05) is 7.11 Å². The summed E-state index contributed by atoms with van der Waals surface area (Å²) in [6.45, 7) is 3.72. The Morgan fingerprint density at radius 1 is 0.958 bits per heavy atom. The van der Waals surface area contributed by atoms with Crippen molar-refractivity contribution in [3.8, 4) is 16.9 Å². The van der Waals surface area contributed by atoms with E-state index in [2.05, 4.69) is 6.58 Å². The van der Waals surface area contributed by atoms with Gasteiger partial charge < -0.3 is 4.74 Å². The molecule has 0 aromatic heterocycles. The summed E-state index contributed by atoms with van der Waals surface area (Å²) >= 11 is 0. The quantitative estimate of drug-likeness (QED) is 0.530. The van der Waals surface area contributed by atoms with E-state index in [0.717, 1.165) is 24.0 Å². The van der Waals surface area contributed by atoms with E-state index in [1.165, 1.54) is 18.7 Å². The van der Waals surface area contributed by atoms with Crippen LogP contribution in [0, 0.1) is 11.6 Å². The molecule has 0 heterocycles. The molecule has 3 aromatic rings. The number of methoxy groups -OCH3 is 1. The first-order chi connectivity index (χ1) is 11.6. The van der Waals surface area contributed by atoms with Gasteiger partial charge in [0.15, 0.2) is 11.6 Å². The summed E-state index contributed by atoms with van der Waals surface area (Å²) in [6, 6.07) is 15.0. The Morgan fingerprint density at radius 3 is 2.33 bits per heavy atom. The van der Waals surface area contributed by atoms with E-state index in [4.69, 9.17) is 4.74 Å². The normalized spacial score (nSPS) is 10.8. The molecule has 0 aliphatic carbocycles. The Bertz CT molecular complexity index is 882. The number of aryl methyl sites for hydroxylation is 1. The van der Waals surface area contributed by atoms with Crippen LogP contribution in [0.5, 0.6) is 5.75 Å². The van der Waals surface area contributed by atoms with Gasteiger partial charge in [-0.25, -0.2) is 4.39 Å². The lowest BCUT2D eigenvalue weighted by molar-refractivity contribution is 0.374. The Kier molecular flexibility index (Phi) is 4.61. The van der Waals surface area contributed by atoms with Crippen LogP contribution in [0.25, 0.3) is 21.9 Å². The van der Waals surface area contributed by atoms with E-state index in [1.807, 2.05) is 36.4 Å². The maximum absolute atomic E-state index is 14.3. The van der Waals surface area contributed by atoms with Crippen molar-refractivity contribution in [1.82, 2.24) is 0 Å². The minimum Gasteiger partial charge on any atom is -0.494 e. The standard InChI is InChI=1S/C21H18F2O/c1-3-4-5-14-6-8-15(9-7-14)16-10-11-17-13-19(24-2)21(23)20(22)18(17)12-16/h3,6-13H,1,4-5H2,2H3. The first-order valence-electron chi connectivity index (χ1n) is 7.80. The molecule has 0 radical (unpaired) electrons. The van der Waals surface area contributed by atoms with Gasteiger partial charge in [-0.05, 0) is 47.1 Å². The largest absolute Gasteiger partial charge is 0.494 e. The van der Waals surface area contributed by atoms with Crippen LogP contribution in [0.2, 0.25) is 0 Å². The summed E-state index contributed by atoms with van der Waals surface area (Å²) in [6.07, 6.45) is 3.77. The molecule has 0 aliphatic heterocycles. The van der Waals surface area contributed by atoms with Gasteiger partial charge in [0.2, 0.25) is 5.82 Å². The van der Waals surface area contributed by atoms with Crippen LogP contribution in [0.1, 0.15) is 12.0 Å². The Balaban J connectivity index is 2.01. The van der Waals surface area contributed by atoms with Gasteiger partial charge in [0.25, 0.3) is 0 Å². The second-order valence-electron chi connectivity index (χ2n) is 5.67. The molecule has 3 aromatic carbocycles. The number of fused-ring (bicyclic) bond motifs is 1. The van der Waals surface area contributed by atoms with E-state index in [0.29, 0.717) is 5.39 Å². The van der Waals surface area contributed by atoms with Crippen molar-refractivity contribution in [3.05, 3.63) is 78.4 Å². The molecule has 3 rings (SSSR count). The summed E-state index contributed by atoms with van der Waals surface area (Å²) in [5.74, 6) is -1.92. The van der Waals surface area contributed by atoms with Crippen LogP contribution in [0.4, 0.5) is 8.78 Å². The van der Waals surface area contributed by atoms with Gasteiger partial charge in [0.05, 0.1) is 7.11 Å². The van der Waals surface area contributed by atoms with Crippen molar-refractivity contribution >= 4 is 10.8 Å². The van der Waals surface area contributed by atoms with Gasteiger partial charge in [-0.2, -0.15) is 4.39 Å². The average Bonchev–Trinajstić information content (AvgIpc) is 2.63. The predicted octanol–water partition coefficient (Wildman–Crippen LogP) is 5.91. The molecular weight excluding hydrogens is 306 g/mol. The molecule has 0 fully saturated rings. The number of hydrogen-bond acceptors (Lipinski definition) is 1. The molecule has 0 bridgehead atoms. The number of rotatable bonds is 5. The van der Waals surface area contributed by atoms with Crippen LogP contribution in [-0.4, -0.2) is 7.11 Å². The number of benzene rings is 3. The predicted molar refractivity (Wildman–Crippen MR) is 94.4 cm³/mol. The first-order valence-corrected chi connectivity index (χ1v) is 7.80. The van der Waals surface area contributed by atoms with Crippen molar-refractivity contribution in [1.29, 1.82) is 0 Å². The van der Waals surface area contributed by atoms with E-state index < -0.39 is 11.6 Å². The molecule has 0 amide bonds. The van der Waals surface area contributed by atoms with Crippen LogP contribution >= 0.6 is 0 Å². The van der Waals surface area contributed by atoms with Crippen LogP contribution in [0.15, 0.2) is 61.2 Å². The van der Waals surface area contributed by atoms with Gasteiger partial charge in [0.1, 0.15) is 0 Å². The fourth-order valence-electron chi connectivity index (χ4n) is 2.76. The lowest BCUT2D eigenvalue weighted by Gasteiger charge is -2.09. The maximum atomic E-state index is 14.3. The lowest BCUT2D eigenvalue weighted by Crippen LogP contribution is -1.94. The molecule has 0 aliphatic rings. The fraction of sp³-hybridized carbons (Fsp3) is 0.143. The summed E-state index contributed by atoms with van der Waals surface area (Å²) in [5.41, 5.74) is 3.04. The second kappa shape index (κ2) is 6.83. The van der Waals surface area contributed by atoms with Crippen molar-refractivity contribution in [3.63, 3.8) is 0 Å². The third-order valence-corrected chi connectivity index (χ3v) is 4.13. The topological polar surface area (TPSA) is 9.23 Å². The fourth-order valence-corrected chi connectivity index (χ4v) is 2.76. The third kappa shape index (κ3) is 3.02. The summed E-state index contributed by atoms with van der Waals surface area (Å²) in [5, 5.41) is 0.860. The summed E-state index contributed by atoms with van der Waals surface area (Å²) in [4.78, 5) is 0. The van der Waals surface area contributed by atoms with E-state index in [-0.39, 0.29) is 11.1 Å². The molecule has 0 spiro atoms. The first kappa shape index (κ1) is 16.2. The molecule has 24 heavy (non-hydrogen) atoms. The zero-order valence-corrected chi connectivity index (χ0v) is 13.5. The monoisotopic (exact) mass is 324 g/mol. The smallest absolute Gasteiger partial charge is 0.201 e. The average molecular weight is 324 g/mol. The van der Waals surface area contributed by atoms with Crippen LogP contribution in [0.3, 0.4) is 0 Å². The minimum atomic E-state index is -0.957. The van der Waals surface area contributed by atoms with Gasteiger partial charge in [-0.15, -0.1) is 6.58 Å². The molecular formula is C21H18F2O. The highest BCUT2D eigenvalue weighted by atomic mass is 19.2. The zero-order chi connectivity index (χ0) is 17.1. The van der Waals surface area contributed by atoms with E-state index in [9.17, 15) is 8.78 Å². The molecule has 3 heteroatoms. The number of ether oxygens (including phenoxy) is 1. The third-order valence-electron chi connectivity index (χ3n) is 4.13. The summed E-state index contributed by atoms with van der Waals surface area (Å²) < 4.78 is 33.1. The SMILES string of the molecule is C=CCCc1ccc(-c2ccc3cc(OC)c(F)c(F)c3c2)cc1. The second-order valence-corrected chi connectivity index (χ2v) is 5.67. The minimum absolute atomic E-state index is 0.0840. The van der Waals surface area contributed by atoms with Crippen molar-refractivity contribution in [2.24, 2.45) is 0 Å². The zero-order valence-electron chi connectivity index (χ0n) is 13.5. The Labute approximate surface area is 140 Å². The van der Waals surface area contributed by atoms with Crippen LogP contribution < -0.4 is 4.74 Å². The number of hydrogen-bond donors (Lipinski definition) is 0. The molecule has 0 saturated heterocycles. The molecule has 122 valence electrons. The van der Waals surface area contributed by atoms with Gasteiger partial charge in [-0.1, -0.05) is 42.5 Å². The molecule has 0 atom stereocenters. The highest BCUT2D eigenvalue weighted by Gasteiger charge is 2.14. The van der Waals surface area contributed by atoms with E-state index >= 15 is 0 Å². The molecule has 1 nitrogen and oxygen atoms in total. The Morgan fingerprint density at radius 2 is 1.67 bits per heavy atom. The highest BCUT2D eigenvalue weighted by molar-refractivity contribution is 5.89. The van der Waals surface area contributed by atoms with E-state index in [1.54, 1.807) is 12.1 Å². The van der Waals surface area contributed by atoms with Crippen molar-refractivity contribution < 1.29 is 13.5 Å². The van der Waals surface area contributed by atoms with Gasteiger partial charge >= 0.3 is 0 Å². The molecule has 0 N–H and O–H groups in total. The van der Waals surface area contributed by atoms with Crippen molar-refractivity contribution in [2.45, 2.75) is 12.8 Å². The highest BCUT2D eigenvalue weighted by Crippen LogP contribution is 2.32. The van der Waals surface area contributed by atoms with Crippen LogP contribution in [-0.2, 0) is 6.42 Å². The number of allylic oxidation sites excluding steroid dienone is 1. The lowest BCUT2D eigenvalue weighted by atomic mass is 9.99. The Hall–Kier alpha value is -2.68. The molecule has 0 unspecified atom stereocenters. The molecule has 0 saturated carbocycles. The summed E-state index contributed by atoms with van der Waals surface area (Å²) in [7, 11) is 1.33.